The van der Waals surface area contributed by atoms with Crippen LogP contribution in [0.3, 0.4) is 0 Å². The second kappa shape index (κ2) is 8.23. The van der Waals surface area contributed by atoms with Crippen molar-refractivity contribution in [1.82, 2.24) is 19.5 Å². The molecule has 3 aromatic heterocycles. The van der Waals surface area contributed by atoms with Crippen LogP contribution in [0.15, 0.2) is 36.8 Å². The van der Waals surface area contributed by atoms with Gasteiger partial charge in [-0.25, -0.2) is 15.0 Å². The van der Waals surface area contributed by atoms with Gasteiger partial charge in [0.2, 0.25) is 0 Å². The van der Waals surface area contributed by atoms with Crippen molar-refractivity contribution in [3.63, 3.8) is 0 Å². The fourth-order valence-electron chi connectivity index (χ4n) is 5.21. The minimum atomic E-state index is -1.22. The largest absolute Gasteiger partial charge is 0.383 e. The van der Waals surface area contributed by atoms with Gasteiger partial charge in [-0.15, -0.1) is 0 Å². The number of hydrogen-bond donors (Lipinski definition) is 3. The number of nitrogens with two attached hydrogens (primary N) is 2. The van der Waals surface area contributed by atoms with Gasteiger partial charge >= 0.3 is 0 Å². The molecule has 1 aliphatic rings. The topological polar surface area (TPSA) is 125 Å². The third-order valence-electron chi connectivity index (χ3n) is 6.78. The third-order valence-corrected chi connectivity index (χ3v) is 7.64. The van der Waals surface area contributed by atoms with Crippen LogP contribution in [0.1, 0.15) is 45.2 Å². The minimum absolute atomic E-state index is 0.0454. The summed E-state index contributed by atoms with van der Waals surface area (Å²) in [6.45, 7) is 5.60. The molecule has 0 radical (unpaired) electrons. The van der Waals surface area contributed by atoms with Crippen LogP contribution in [0, 0.1) is 11.8 Å². The first-order valence-electron chi connectivity index (χ1n) is 11.3. The second-order valence-corrected chi connectivity index (χ2v) is 10.6. The van der Waals surface area contributed by atoms with Gasteiger partial charge in [0.15, 0.2) is 10.9 Å². The smallest absolute Gasteiger partial charge is 0.181 e. The van der Waals surface area contributed by atoms with Crippen molar-refractivity contribution in [1.29, 1.82) is 0 Å². The Balaban J connectivity index is 1.40. The monoisotopic (exact) mass is 466 g/mol. The fraction of sp³-hybridized carbons (Fsp3) is 0.458. The van der Waals surface area contributed by atoms with E-state index in [-0.39, 0.29) is 18.1 Å². The van der Waals surface area contributed by atoms with E-state index in [1.165, 1.54) is 23.2 Å². The van der Waals surface area contributed by atoms with E-state index < -0.39 is 5.79 Å². The Kier molecular flexibility index (Phi) is 5.50. The maximum atomic E-state index is 10.5. The molecule has 4 aromatic rings. The summed E-state index contributed by atoms with van der Waals surface area (Å²) < 4.78 is 9.47. The Morgan fingerprint density at radius 3 is 2.85 bits per heavy atom. The van der Waals surface area contributed by atoms with Crippen LogP contribution in [0.4, 0.5) is 10.9 Å². The van der Waals surface area contributed by atoms with Crippen molar-refractivity contribution in [3.05, 3.63) is 42.4 Å². The van der Waals surface area contributed by atoms with Crippen molar-refractivity contribution < 1.29 is 9.84 Å². The average Bonchev–Trinajstić information content (AvgIpc) is 3.41. The molecule has 5 rings (SSSR count). The lowest BCUT2D eigenvalue weighted by molar-refractivity contribution is -0.219. The normalized spacial score (nSPS) is 23.6. The molecule has 0 aliphatic heterocycles. The van der Waals surface area contributed by atoms with Crippen molar-refractivity contribution in [3.8, 4) is 0 Å². The van der Waals surface area contributed by atoms with Crippen LogP contribution in [0.25, 0.3) is 21.3 Å². The molecular formula is C24H30N6O2S. The average molecular weight is 467 g/mol. The standard InChI is InChI=1S/C24H30N6O2S/c1-13-15(6-4-14-5-7-19-17(10-14)29-23(26)33-19)11-18(20(13)32-24(2,3)31)30-9-8-16-21(25)27-12-28-22(16)30/h5,7-10,12-13,15,18,20,31H,4,6,11H2,1-3H3,(H2,26,29)(H2,25,27,28)/t13-,15+,18-,20-/m1/s1. The Morgan fingerprint density at radius 2 is 2.06 bits per heavy atom. The number of rotatable bonds is 6. The van der Waals surface area contributed by atoms with Crippen LogP contribution < -0.4 is 11.5 Å². The van der Waals surface area contributed by atoms with Gasteiger partial charge in [0.25, 0.3) is 0 Å². The molecule has 1 aromatic carbocycles. The van der Waals surface area contributed by atoms with Crippen molar-refractivity contribution in [2.45, 2.75) is 58.0 Å². The number of nitrogens with zero attached hydrogens (tertiary/aromatic N) is 4. The van der Waals surface area contributed by atoms with Gasteiger partial charge in [0.1, 0.15) is 17.8 Å². The zero-order valence-electron chi connectivity index (χ0n) is 19.1. The molecule has 8 nitrogen and oxygen atoms in total. The van der Waals surface area contributed by atoms with E-state index in [0.29, 0.717) is 16.9 Å². The van der Waals surface area contributed by atoms with E-state index in [2.05, 4.69) is 44.6 Å². The molecule has 0 bridgehead atoms. The number of hydrogen-bond acceptors (Lipinski definition) is 8. The number of aryl methyl sites for hydroxylation is 1. The SMILES string of the molecule is C[C@@H]1[C@@H](CCc2ccc3sc(N)nc3c2)C[C@@H](n2ccc3c(N)ncnc32)[C@@H]1OC(C)(C)O. The molecule has 174 valence electrons. The van der Waals surface area contributed by atoms with Crippen molar-refractivity contribution in [2.24, 2.45) is 11.8 Å². The molecule has 9 heteroatoms. The van der Waals surface area contributed by atoms with Gasteiger partial charge in [-0.3, -0.25) is 0 Å². The Bertz CT molecular complexity index is 1290. The first kappa shape index (κ1) is 22.1. The molecule has 1 aliphatic carbocycles. The highest BCUT2D eigenvalue weighted by Crippen LogP contribution is 2.46. The molecule has 0 spiro atoms. The van der Waals surface area contributed by atoms with E-state index in [9.17, 15) is 5.11 Å². The van der Waals surface area contributed by atoms with E-state index in [1.807, 2.05) is 12.3 Å². The van der Waals surface area contributed by atoms with E-state index in [0.717, 1.165) is 40.5 Å². The fourth-order valence-corrected chi connectivity index (χ4v) is 5.92. The van der Waals surface area contributed by atoms with Crippen LogP contribution >= 0.6 is 11.3 Å². The molecule has 0 saturated heterocycles. The lowest BCUT2D eigenvalue weighted by Gasteiger charge is -2.31. The Hall–Kier alpha value is -2.75. The summed E-state index contributed by atoms with van der Waals surface area (Å²) in [5, 5.41) is 11.9. The molecule has 0 unspecified atom stereocenters. The number of aromatic nitrogens is 4. The van der Waals surface area contributed by atoms with Crippen molar-refractivity contribution in [2.75, 3.05) is 11.5 Å². The minimum Gasteiger partial charge on any atom is -0.383 e. The Morgan fingerprint density at radius 1 is 1.24 bits per heavy atom. The number of ether oxygens (including phenoxy) is 1. The van der Waals surface area contributed by atoms with Gasteiger partial charge in [0.05, 0.1) is 27.7 Å². The number of nitrogen functional groups attached to an aromatic ring is 2. The summed E-state index contributed by atoms with van der Waals surface area (Å²) >= 11 is 1.52. The molecule has 5 N–H and O–H groups in total. The zero-order chi connectivity index (χ0) is 23.3. The van der Waals surface area contributed by atoms with Crippen molar-refractivity contribution >= 4 is 43.5 Å². The van der Waals surface area contributed by atoms with Crippen LogP contribution in [-0.4, -0.2) is 36.5 Å². The first-order valence-corrected chi connectivity index (χ1v) is 12.1. The number of aliphatic hydroxyl groups is 1. The van der Waals surface area contributed by atoms with Gasteiger partial charge < -0.3 is 25.9 Å². The highest BCUT2D eigenvalue weighted by molar-refractivity contribution is 7.22. The highest BCUT2D eigenvalue weighted by atomic mass is 32.1. The quantitative estimate of drug-likeness (QED) is 0.365. The van der Waals surface area contributed by atoms with Crippen LogP contribution in [0.5, 0.6) is 0 Å². The van der Waals surface area contributed by atoms with Gasteiger partial charge in [-0.2, -0.15) is 0 Å². The lowest BCUT2D eigenvalue weighted by Crippen LogP contribution is -2.36. The van der Waals surface area contributed by atoms with E-state index >= 15 is 0 Å². The number of anilines is 2. The maximum absolute atomic E-state index is 10.5. The molecule has 1 saturated carbocycles. The molecule has 33 heavy (non-hydrogen) atoms. The first-order chi connectivity index (χ1) is 15.7. The van der Waals surface area contributed by atoms with E-state index in [4.69, 9.17) is 16.2 Å². The predicted molar refractivity (Wildman–Crippen MR) is 132 cm³/mol. The van der Waals surface area contributed by atoms with Gasteiger partial charge in [-0.1, -0.05) is 24.3 Å². The summed E-state index contributed by atoms with van der Waals surface area (Å²) in [7, 11) is 0. The Labute approximate surface area is 196 Å². The zero-order valence-corrected chi connectivity index (χ0v) is 19.9. The summed E-state index contributed by atoms with van der Waals surface area (Å²) in [4.78, 5) is 13.0. The summed E-state index contributed by atoms with van der Waals surface area (Å²) in [5.41, 5.74) is 15.0. The maximum Gasteiger partial charge on any atom is 0.181 e. The third kappa shape index (κ3) is 4.28. The predicted octanol–water partition coefficient (Wildman–Crippen LogP) is 4.15. The van der Waals surface area contributed by atoms with Crippen LogP contribution in [-0.2, 0) is 11.2 Å². The second-order valence-electron chi connectivity index (χ2n) is 9.56. The number of thiazole rings is 1. The summed E-state index contributed by atoms with van der Waals surface area (Å²) in [6.07, 6.45) is 6.26. The molecular weight excluding hydrogens is 436 g/mol. The van der Waals surface area contributed by atoms with E-state index in [1.54, 1.807) is 13.8 Å². The molecule has 0 amide bonds. The molecule has 3 heterocycles. The van der Waals surface area contributed by atoms with Crippen LogP contribution in [0.2, 0.25) is 0 Å². The lowest BCUT2D eigenvalue weighted by atomic mass is 9.90. The number of fused-ring (bicyclic) bond motifs is 2. The summed E-state index contributed by atoms with van der Waals surface area (Å²) in [5.74, 6) is -0.0650. The number of benzene rings is 1. The summed E-state index contributed by atoms with van der Waals surface area (Å²) in [6, 6.07) is 8.42. The molecule has 1 fully saturated rings. The van der Waals surface area contributed by atoms with Gasteiger partial charge in [0, 0.05) is 6.20 Å². The molecule has 4 atom stereocenters. The highest BCUT2D eigenvalue weighted by Gasteiger charge is 2.44. The van der Waals surface area contributed by atoms with Gasteiger partial charge in [-0.05, 0) is 68.7 Å².